The van der Waals surface area contributed by atoms with E-state index in [1.165, 1.54) is 12.3 Å². The van der Waals surface area contributed by atoms with Crippen LogP contribution in [0.25, 0.3) is 10.9 Å². The minimum absolute atomic E-state index is 0.252. The van der Waals surface area contributed by atoms with Crippen LogP contribution in [0, 0.1) is 5.82 Å². The normalized spacial score (nSPS) is 10.3. The van der Waals surface area contributed by atoms with E-state index >= 15 is 0 Å². The molecule has 2 nitrogen and oxygen atoms in total. The molecule has 2 aromatic rings. The zero-order chi connectivity index (χ0) is 7.68. The monoisotopic (exact) mass is 148 g/mol. The van der Waals surface area contributed by atoms with Gasteiger partial charge in [-0.3, -0.25) is 0 Å². The van der Waals surface area contributed by atoms with Crippen LogP contribution in [0.2, 0.25) is 0 Å². The lowest BCUT2D eigenvalue weighted by atomic mass is 10.2. The van der Waals surface area contributed by atoms with E-state index in [2.05, 4.69) is 10.2 Å². The first kappa shape index (κ1) is 6.22. The van der Waals surface area contributed by atoms with Gasteiger partial charge < -0.3 is 0 Å². The summed E-state index contributed by atoms with van der Waals surface area (Å²) < 4.78 is 12.9. The zero-order valence-electron chi connectivity index (χ0n) is 5.66. The predicted octanol–water partition coefficient (Wildman–Crippen LogP) is 1.77. The highest BCUT2D eigenvalue weighted by Gasteiger charge is 1.97. The molecule has 1 aromatic heterocycles. The number of aromatic nitrogens is 2. The highest BCUT2D eigenvalue weighted by atomic mass is 19.1. The topological polar surface area (TPSA) is 25.8 Å². The van der Waals surface area contributed by atoms with E-state index in [0.29, 0.717) is 10.9 Å². The SMILES string of the molecule is Fc1cccc2nnccc12. The van der Waals surface area contributed by atoms with Gasteiger partial charge in [0.1, 0.15) is 5.82 Å². The number of hydrogen-bond donors (Lipinski definition) is 0. The molecule has 0 unspecified atom stereocenters. The predicted molar refractivity (Wildman–Crippen MR) is 39.5 cm³/mol. The Labute approximate surface area is 62.7 Å². The fourth-order valence-electron chi connectivity index (χ4n) is 0.981. The van der Waals surface area contributed by atoms with E-state index in [0.717, 1.165) is 0 Å². The van der Waals surface area contributed by atoms with Crippen molar-refractivity contribution in [2.24, 2.45) is 0 Å². The molecular formula is C8H5FN2. The summed E-state index contributed by atoms with van der Waals surface area (Å²) in [6, 6.07) is 6.36. The molecule has 0 saturated carbocycles. The highest BCUT2D eigenvalue weighted by molar-refractivity contribution is 5.77. The Balaban J connectivity index is 2.91. The van der Waals surface area contributed by atoms with Crippen molar-refractivity contribution in [1.29, 1.82) is 0 Å². The molecule has 0 spiro atoms. The Bertz CT molecular complexity index is 381. The largest absolute Gasteiger partial charge is 0.206 e. The molecule has 0 aliphatic heterocycles. The first-order valence-electron chi connectivity index (χ1n) is 3.24. The molecule has 54 valence electrons. The van der Waals surface area contributed by atoms with Crippen molar-refractivity contribution in [2.45, 2.75) is 0 Å². The average molecular weight is 148 g/mol. The maximum absolute atomic E-state index is 12.9. The minimum atomic E-state index is -0.252. The second-order valence-corrected chi connectivity index (χ2v) is 2.20. The number of halogens is 1. The van der Waals surface area contributed by atoms with Crippen LogP contribution in [0.1, 0.15) is 0 Å². The van der Waals surface area contributed by atoms with Gasteiger partial charge in [-0.1, -0.05) is 6.07 Å². The smallest absolute Gasteiger partial charge is 0.132 e. The second kappa shape index (κ2) is 2.27. The summed E-state index contributed by atoms with van der Waals surface area (Å²) in [6.07, 6.45) is 1.48. The number of fused-ring (bicyclic) bond motifs is 1. The number of hydrogen-bond acceptors (Lipinski definition) is 2. The summed E-state index contributed by atoms with van der Waals surface area (Å²) >= 11 is 0. The summed E-state index contributed by atoms with van der Waals surface area (Å²) in [5.41, 5.74) is 0.590. The Morgan fingerprint density at radius 2 is 2.09 bits per heavy atom. The molecule has 0 saturated heterocycles. The zero-order valence-corrected chi connectivity index (χ0v) is 5.66. The molecule has 0 radical (unpaired) electrons. The van der Waals surface area contributed by atoms with Crippen LogP contribution >= 0.6 is 0 Å². The molecule has 0 bridgehead atoms. The highest BCUT2D eigenvalue weighted by Crippen LogP contribution is 2.12. The Morgan fingerprint density at radius 1 is 1.18 bits per heavy atom. The summed E-state index contributed by atoms with van der Waals surface area (Å²) in [7, 11) is 0. The van der Waals surface area contributed by atoms with Crippen molar-refractivity contribution >= 4 is 10.9 Å². The van der Waals surface area contributed by atoms with E-state index in [-0.39, 0.29) is 5.82 Å². The molecule has 2 rings (SSSR count). The third kappa shape index (κ3) is 0.941. The minimum Gasteiger partial charge on any atom is -0.206 e. The van der Waals surface area contributed by atoms with Gasteiger partial charge in [0, 0.05) is 5.39 Å². The molecule has 0 atom stereocenters. The lowest BCUT2D eigenvalue weighted by molar-refractivity contribution is 0.639. The van der Waals surface area contributed by atoms with Crippen molar-refractivity contribution in [3.05, 3.63) is 36.3 Å². The van der Waals surface area contributed by atoms with E-state index < -0.39 is 0 Å². The van der Waals surface area contributed by atoms with Gasteiger partial charge in [-0.05, 0) is 18.2 Å². The molecule has 0 fully saturated rings. The van der Waals surface area contributed by atoms with Crippen LogP contribution in [-0.4, -0.2) is 10.2 Å². The van der Waals surface area contributed by atoms with Gasteiger partial charge in [0.05, 0.1) is 11.7 Å². The Morgan fingerprint density at radius 3 is 2.91 bits per heavy atom. The molecule has 0 aliphatic rings. The van der Waals surface area contributed by atoms with Crippen molar-refractivity contribution < 1.29 is 4.39 Å². The van der Waals surface area contributed by atoms with Gasteiger partial charge in [0.15, 0.2) is 0 Å². The quantitative estimate of drug-likeness (QED) is 0.569. The summed E-state index contributed by atoms with van der Waals surface area (Å²) in [5, 5.41) is 7.91. The summed E-state index contributed by atoms with van der Waals surface area (Å²) in [6.45, 7) is 0. The lowest BCUT2D eigenvalue weighted by Crippen LogP contribution is -1.84. The second-order valence-electron chi connectivity index (χ2n) is 2.20. The summed E-state index contributed by atoms with van der Waals surface area (Å²) in [5.74, 6) is -0.252. The fourth-order valence-corrected chi connectivity index (χ4v) is 0.981. The van der Waals surface area contributed by atoms with Crippen molar-refractivity contribution in [3.63, 3.8) is 0 Å². The number of rotatable bonds is 0. The van der Waals surface area contributed by atoms with E-state index in [1.807, 2.05) is 0 Å². The van der Waals surface area contributed by atoms with Gasteiger partial charge in [-0.15, -0.1) is 0 Å². The first-order chi connectivity index (χ1) is 5.38. The van der Waals surface area contributed by atoms with Crippen LogP contribution in [0.15, 0.2) is 30.5 Å². The van der Waals surface area contributed by atoms with Gasteiger partial charge in [-0.25, -0.2) is 4.39 Å². The van der Waals surface area contributed by atoms with Gasteiger partial charge in [0.2, 0.25) is 0 Å². The van der Waals surface area contributed by atoms with Crippen LogP contribution in [0.3, 0.4) is 0 Å². The van der Waals surface area contributed by atoms with E-state index in [9.17, 15) is 4.39 Å². The van der Waals surface area contributed by atoms with Crippen molar-refractivity contribution in [3.8, 4) is 0 Å². The van der Waals surface area contributed by atoms with Crippen LogP contribution in [-0.2, 0) is 0 Å². The molecule has 1 aromatic carbocycles. The third-order valence-corrected chi connectivity index (χ3v) is 1.50. The standard InChI is InChI=1S/C8H5FN2/c9-7-2-1-3-8-6(7)4-5-10-11-8/h1-5H. The first-order valence-corrected chi connectivity index (χ1v) is 3.24. The van der Waals surface area contributed by atoms with E-state index in [1.54, 1.807) is 18.2 Å². The van der Waals surface area contributed by atoms with Gasteiger partial charge in [0.25, 0.3) is 0 Å². The van der Waals surface area contributed by atoms with E-state index in [4.69, 9.17) is 0 Å². The maximum Gasteiger partial charge on any atom is 0.132 e. The third-order valence-electron chi connectivity index (χ3n) is 1.50. The van der Waals surface area contributed by atoms with Crippen molar-refractivity contribution in [1.82, 2.24) is 10.2 Å². The molecular weight excluding hydrogens is 143 g/mol. The number of nitrogens with zero attached hydrogens (tertiary/aromatic N) is 2. The molecule has 0 N–H and O–H groups in total. The van der Waals surface area contributed by atoms with Crippen molar-refractivity contribution in [2.75, 3.05) is 0 Å². The molecule has 11 heavy (non-hydrogen) atoms. The fraction of sp³-hybridized carbons (Fsp3) is 0. The van der Waals surface area contributed by atoms with Gasteiger partial charge >= 0.3 is 0 Å². The van der Waals surface area contributed by atoms with Gasteiger partial charge in [-0.2, -0.15) is 10.2 Å². The molecule has 3 heteroatoms. The Kier molecular flexibility index (Phi) is 1.28. The van der Waals surface area contributed by atoms with Crippen LogP contribution in [0.5, 0.6) is 0 Å². The molecule has 0 amide bonds. The lowest BCUT2D eigenvalue weighted by Gasteiger charge is -1.94. The number of benzene rings is 1. The molecule has 1 heterocycles. The average Bonchev–Trinajstić information content (AvgIpc) is 2.06. The maximum atomic E-state index is 12.9. The Hall–Kier alpha value is -1.51. The summed E-state index contributed by atoms with van der Waals surface area (Å²) in [4.78, 5) is 0. The molecule has 0 aliphatic carbocycles. The van der Waals surface area contributed by atoms with Crippen LogP contribution < -0.4 is 0 Å². The van der Waals surface area contributed by atoms with Crippen LogP contribution in [0.4, 0.5) is 4.39 Å².